The maximum absolute atomic E-state index is 11.8. The molecule has 222 valence electrons. The number of hydrogen-bond acceptors (Lipinski definition) is 11. The zero-order valence-electron chi connectivity index (χ0n) is 22.5. The largest absolute Gasteiger partial charge is 0.481 e. The summed E-state index contributed by atoms with van der Waals surface area (Å²) < 4.78 is 31.0. The summed E-state index contributed by atoms with van der Waals surface area (Å²) in [6.07, 6.45) is 0.672. The van der Waals surface area contributed by atoms with Gasteiger partial charge in [-0.05, 0) is 6.92 Å². The van der Waals surface area contributed by atoms with Crippen LogP contribution in [-0.4, -0.2) is 128 Å². The summed E-state index contributed by atoms with van der Waals surface area (Å²) in [4.78, 5) is 44.9. The number of aliphatic carboxylic acids is 1. The molecule has 14 heteroatoms. The van der Waals surface area contributed by atoms with Crippen LogP contribution in [0.15, 0.2) is 0 Å². The minimum Gasteiger partial charge on any atom is -0.481 e. The number of carbonyl (C=O) groups excluding carboxylic acids is 3. The van der Waals surface area contributed by atoms with E-state index in [1.165, 1.54) is 0 Å². The fourth-order valence-electron chi connectivity index (χ4n) is 2.62. The van der Waals surface area contributed by atoms with Gasteiger partial charge in [-0.25, -0.2) is 0 Å². The zero-order valence-corrected chi connectivity index (χ0v) is 22.5. The molecule has 0 aromatic rings. The number of hydrogen-bond donors (Lipinski definition) is 4. The van der Waals surface area contributed by atoms with Crippen LogP contribution >= 0.6 is 0 Å². The molecule has 14 nitrogen and oxygen atoms in total. The minimum atomic E-state index is -0.898. The minimum absolute atomic E-state index is 0.0302. The maximum atomic E-state index is 11.8. The molecule has 0 aliphatic heterocycles. The van der Waals surface area contributed by atoms with Gasteiger partial charge in [-0.3, -0.25) is 19.2 Å². The highest BCUT2D eigenvalue weighted by molar-refractivity contribution is 5.76. The standard InChI is InChI=1S/C24H45N3O11/c1-2-38-24(32)6-14-36-16-15-33-11-3-21(28)26-9-7-25-8-10-27-22(29)4-12-34-17-19-37-20-18-35-13-5-23(30)31/h25H,2-20H2,1H3,(H,26,28)(H,27,29)(H,30,31). The molecule has 0 radical (unpaired) electrons. The average molecular weight is 552 g/mol. The highest BCUT2D eigenvalue weighted by Gasteiger charge is 2.03. The van der Waals surface area contributed by atoms with Crippen molar-refractivity contribution in [2.45, 2.75) is 32.6 Å². The molecule has 0 heterocycles. The third kappa shape index (κ3) is 28.2. The summed E-state index contributed by atoms with van der Waals surface area (Å²) in [7, 11) is 0. The van der Waals surface area contributed by atoms with Crippen LogP contribution in [0.25, 0.3) is 0 Å². The Labute approximate surface area is 224 Å². The Morgan fingerprint density at radius 2 is 0.947 bits per heavy atom. The van der Waals surface area contributed by atoms with E-state index < -0.39 is 5.97 Å². The summed E-state index contributed by atoms with van der Waals surface area (Å²) in [6, 6.07) is 0. The van der Waals surface area contributed by atoms with Crippen LogP contribution in [0.1, 0.15) is 32.6 Å². The summed E-state index contributed by atoms with van der Waals surface area (Å²) >= 11 is 0. The number of nitrogens with one attached hydrogen (secondary N) is 3. The van der Waals surface area contributed by atoms with Crippen molar-refractivity contribution in [3.8, 4) is 0 Å². The Balaban J connectivity index is 3.31. The summed E-state index contributed by atoms with van der Waals surface area (Å²) in [5.74, 6) is -1.42. The van der Waals surface area contributed by atoms with E-state index in [2.05, 4.69) is 16.0 Å². The Morgan fingerprint density at radius 3 is 1.37 bits per heavy atom. The second-order valence-corrected chi connectivity index (χ2v) is 7.71. The smallest absolute Gasteiger partial charge is 0.308 e. The lowest BCUT2D eigenvalue weighted by molar-refractivity contribution is -0.144. The van der Waals surface area contributed by atoms with Crippen molar-refractivity contribution < 1.29 is 52.7 Å². The Morgan fingerprint density at radius 1 is 0.553 bits per heavy atom. The summed E-state index contributed by atoms with van der Waals surface area (Å²) in [5.41, 5.74) is 0. The van der Waals surface area contributed by atoms with Gasteiger partial charge in [0, 0.05) is 39.0 Å². The van der Waals surface area contributed by atoms with Crippen molar-refractivity contribution in [2.75, 3.05) is 98.9 Å². The number of carbonyl (C=O) groups is 4. The number of ether oxygens (including phenoxy) is 6. The second kappa shape index (κ2) is 27.7. The van der Waals surface area contributed by atoms with Crippen LogP contribution in [0, 0.1) is 0 Å². The molecule has 0 rings (SSSR count). The van der Waals surface area contributed by atoms with Gasteiger partial charge >= 0.3 is 11.9 Å². The molecular weight excluding hydrogens is 506 g/mol. The molecule has 2 amide bonds. The molecule has 0 unspecified atom stereocenters. The lowest BCUT2D eigenvalue weighted by Gasteiger charge is -2.09. The molecule has 0 aliphatic rings. The van der Waals surface area contributed by atoms with E-state index in [-0.39, 0.29) is 69.9 Å². The topological polar surface area (TPSA) is 180 Å². The van der Waals surface area contributed by atoms with E-state index in [4.69, 9.17) is 33.5 Å². The van der Waals surface area contributed by atoms with Gasteiger partial charge in [-0.2, -0.15) is 0 Å². The molecule has 38 heavy (non-hydrogen) atoms. The van der Waals surface area contributed by atoms with Crippen LogP contribution in [0.3, 0.4) is 0 Å². The molecule has 0 spiro atoms. The van der Waals surface area contributed by atoms with Crippen molar-refractivity contribution in [2.24, 2.45) is 0 Å². The first-order chi connectivity index (χ1) is 18.5. The van der Waals surface area contributed by atoms with Crippen LogP contribution in [-0.2, 0) is 47.6 Å². The Kier molecular flexibility index (Phi) is 26.0. The maximum Gasteiger partial charge on any atom is 0.308 e. The quantitative estimate of drug-likeness (QED) is 0.0696. The van der Waals surface area contributed by atoms with Crippen LogP contribution < -0.4 is 16.0 Å². The Hall–Kier alpha value is -2.36. The van der Waals surface area contributed by atoms with Gasteiger partial charge < -0.3 is 49.5 Å². The highest BCUT2D eigenvalue weighted by Crippen LogP contribution is 1.90. The predicted octanol–water partition coefficient (Wildman–Crippen LogP) is -0.900. The monoisotopic (exact) mass is 551 g/mol. The SMILES string of the molecule is CCOC(=O)CCOCCOCCC(=O)NCCNCCNC(=O)CCOCCOCCOCCC(=O)O. The van der Waals surface area contributed by atoms with Crippen molar-refractivity contribution in [3.63, 3.8) is 0 Å². The van der Waals surface area contributed by atoms with E-state index in [1.807, 2.05) is 0 Å². The third-order valence-corrected chi connectivity index (χ3v) is 4.53. The first kappa shape index (κ1) is 35.6. The third-order valence-electron chi connectivity index (χ3n) is 4.53. The van der Waals surface area contributed by atoms with Gasteiger partial charge in [0.1, 0.15) is 0 Å². The number of esters is 1. The molecule has 0 fully saturated rings. The molecule has 0 saturated heterocycles. The highest BCUT2D eigenvalue weighted by atomic mass is 16.5. The van der Waals surface area contributed by atoms with E-state index >= 15 is 0 Å². The molecule has 0 bridgehead atoms. The average Bonchev–Trinajstić information content (AvgIpc) is 2.88. The van der Waals surface area contributed by atoms with Gasteiger partial charge in [-0.1, -0.05) is 0 Å². The first-order valence-corrected chi connectivity index (χ1v) is 13.0. The van der Waals surface area contributed by atoms with Crippen molar-refractivity contribution in [1.29, 1.82) is 0 Å². The van der Waals surface area contributed by atoms with Gasteiger partial charge in [0.25, 0.3) is 0 Å². The van der Waals surface area contributed by atoms with E-state index in [0.29, 0.717) is 72.4 Å². The first-order valence-electron chi connectivity index (χ1n) is 13.0. The Bertz CT molecular complexity index is 623. The molecule has 4 N–H and O–H groups in total. The molecule has 0 saturated carbocycles. The molecule has 0 atom stereocenters. The van der Waals surface area contributed by atoms with Crippen LogP contribution in [0.5, 0.6) is 0 Å². The van der Waals surface area contributed by atoms with Gasteiger partial charge in [0.15, 0.2) is 0 Å². The molecule has 0 aliphatic carbocycles. The van der Waals surface area contributed by atoms with Crippen molar-refractivity contribution in [3.05, 3.63) is 0 Å². The van der Waals surface area contributed by atoms with E-state index in [1.54, 1.807) is 6.92 Å². The zero-order chi connectivity index (χ0) is 28.1. The van der Waals surface area contributed by atoms with Gasteiger partial charge in [0.05, 0.1) is 85.5 Å². The van der Waals surface area contributed by atoms with Crippen LogP contribution in [0.4, 0.5) is 0 Å². The number of carboxylic acids is 1. The van der Waals surface area contributed by atoms with Gasteiger partial charge in [0.2, 0.25) is 11.8 Å². The molecule has 0 aromatic carbocycles. The lowest BCUT2D eigenvalue weighted by atomic mass is 10.4. The van der Waals surface area contributed by atoms with E-state index in [0.717, 1.165) is 0 Å². The number of amides is 2. The number of carboxylic acid groups (broad SMARTS) is 1. The summed E-state index contributed by atoms with van der Waals surface area (Å²) in [5, 5.41) is 17.1. The second-order valence-electron chi connectivity index (χ2n) is 7.71. The van der Waals surface area contributed by atoms with Crippen LogP contribution in [0.2, 0.25) is 0 Å². The van der Waals surface area contributed by atoms with Crippen molar-refractivity contribution >= 4 is 23.8 Å². The molecular formula is C24H45N3O11. The van der Waals surface area contributed by atoms with E-state index in [9.17, 15) is 19.2 Å². The fourth-order valence-corrected chi connectivity index (χ4v) is 2.62. The summed E-state index contributed by atoms with van der Waals surface area (Å²) in [6.45, 7) is 7.29. The van der Waals surface area contributed by atoms with Gasteiger partial charge in [-0.15, -0.1) is 0 Å². The fraction of sp³-hybridized carbons (Fsp3) is 0.833. The predicted molar refractivity (Wildman–Crippen MR) is 136 cm³/mol. The normalized spacial score (nSPS) is 10.8. The lowest BCUT2D eigenvalue weighted by Crippen LogP contribution is -2.36. The molecule has 0 aromatic heterocycles. The van der Waals surface area contributed by atoms with Crippen molar-refractivity contribution in [1.82, 2.24) is 16.0 Å². The number of rotatable bonds is 28.